The Bertz CT molecular complexity index is 573. The highest BCUT2D eigenvalue weighted by Gasteiger charge is 2.13. The van der Waals surface area contributed by atoms with Crippen molar-refractivity contribution in [3.63, 3.8) is 0 Å². The van der Waals surface area contributed by atoms with Gasteiger partial charge < -0.3 is 9.30 Å². The summed E-state index contributed by atoms with van der Waals surface area (Å²) in [5, 5.41) is 0. The van der Waals surface area contributed by atoms with Crippen LogP contribution in [0, 0.1) is 13.8 Å². The molecule has 4 heteroatoms. The van der Waals surface area contributed by atoms with E-state index in [0.717, 1.165) is 11.4 Å². The van der Waals surface area contributed by atoms with Crippen molar-refractivity contribution in [2.24, 2.45) is 0 Å². The summed E-state index contributed by atoms with van der Waals surface area (Å²) in [6.07, 6.45) is 3.49. The van der Waals surface area contributed by atoms with Crippen LogP contribution in [-0.4, -0.2) is 22.4 Å². The Kier molecular flexibility index (Phi) is 3.46. The van der Waals surface area contributed by atoms with Crippen LogP contribution in [0.5, 0.6) is 5.75 Å². The van der Waals surface area contributed by atoms with E-state index in [0.29, 0.717) is 11.3 Å². The number of Topliss-reactive ketones (excluding diaryl/α,β-unsaturated/α-hetero) is 1. The van der Waals surface area contributed by atoms with E-state index >= 15 is 0 Å². The van der Waals surface area contributed by atoms with Crippen molar-refractivity contribution in [1.82, 2.24) is 9.55 Å². The first kappa shape index (κ1) is 12.4. The number of methoxy groups -OCH3 is 1. The minimum atomic E-state index is 0.0213. The Hall–Kier alpha value is -2.10. The predicted molar refractivity (Wildman–Crippen MR) is 69.0 cm³/mol. The van der Waals surface area contributed by atoms with E-state index < -0.39 is 0 Å². The molecule has 0 saturated carbocycles. The summed E-state index contributed by atoms with van der Waals surface area (Å²) >= 11 is 0. The number of ketones is 1. The molecule has 0 aliphatic rings. The molecule has 0 saturated heterocycles. The maximum absolute atomic E-state index is 12.2. The third-order valence-corrected chi connectivity index (χ3v) is 2.90. The molecule has 2 aromatic rings. The lowest BCUT2D eigenvalue weighted by molar-refractivity contribution is 0.0968. The number of rotatable bonds is 4. The summed E-state index contributed by atoms with van der Waals surface area (Å²) in [5.41, 5.74) is 1.68. The second-order valence-corrected chi connectivity index (χ2v) is 4.23. The Morgan fingerprint density at radius 3 is 2.78 bits per heavy atom. The zero-order valence-electron chi connectivity index (χ0n) is 10.8. The first-order chi connectivity index (χ1) is 8.61. The Morgan fingerprint density at radius 1 is 1.39 bits per heavy atom. The molecule has 0 spiro atoms. The molecular formula is C14H16N2O2. The molecule has 0 radical (unpaired) electrons. The molecule has 1 aromatic heterocycles. The fourth-order valence-electron chi connectivity index (χ4n) is 1.84. The number of aromatic nitrogens is 2. The highest BCUT2D eigenvalue weighted by molar-refractivity contribution is 5.98. The van der Waals surface area contributed by atoms with Crippen LogP contribution in [0.3, 0.4) is 0 Å². The zero-order chi connectivity index (χ0) is 13.1. The van der Waals surface area contributed by atoms with Crippen LogP contribution in [0.15, 0.2) is 30.6 Å². The van der Waals surface area contributed by atoms with Crippen molar-refractivity contribution < 1.29 is 9.53 Å². The van der Waals surface area contributed by atoms with Crippen LogP contribution < -0.4 is 4.74 Å². The molecular weight excluding hydrogens is 228 g/mol. The minimum absolute atomic E-state index is 0.0213. The van der Waals surface area contributed by atoms with Crippen molar-refractivity contribution in [3.8, 4) is 5.75 Å². The third-order valence-electron chi connectivity index (χ3n) is 2.90. The van der Waals surface area contributed by atoms with Gasteiger partial charge in [0.1, 0.15) is 11.6 Å². The molecule has 0 aliphatic carbocycles. The minimum Gasteiger partial charge on any atom is -0.496 e. The molecule has 0 fully saturated rings. The van der Waals surface area contributed by atoms with E-state index in [1.54, 1.807) is 19.5 Å². The van der Waals surface area contributed by atoms with Crippen LogP contribution in [0.4, 0.5) is 0 Å². The lowest BCUT2D eigenvalue weighted by atomic mass is 10.1. The molecule has 1 heterocycles. The quantitative estimate of drug-likeness (QED) is 0.776. The average molecular weight is 244 g/mol. The van der Waals surface area contributed by atoms with Gasteiger partial charge in [-0.2, -0.15) is 0 Å². The number of carbonyl (C=O) groups is 1. The van der Waals surface area contributed by atoms with Gasteiger partial charge in [-0.25, -0.2) is 4.98 Å². The molecule has 0 N–H and O–H groups in total. The molecule has 94 valence electrons. The molecule has 0 unspecified atom stereocenters. The topological polar surface area (TPSA) is 44.1 Å². The van der Waals surface area contributed by atoms with E-state index in [4.69, 9.17) is 4.74 Å². The fourth-order valence-corrected chi connectivity index (χ4v) is 1.84. The highest BCUT2D eigenvalue weighted by Crippen LogP contribution is 2.21. The summed E-state index contributed by atoms with van der Waals surface area (Å²) in [6.45, 7) is 4.13. The monoisotopic (exact) mass is 244 g/mol. The van der Waals surface area contributed by atoms with E-state index in [1.807, 2.05) is 36.6 Å². The van der Waals surface area contributed by atoms with Gasteiger partial charge in [-0.3, -0.25) is 4.79 Å². The highest BCUT2D eigenvalue weighted by atomic mass is 16.5. The van der Waals surface area contributed by atoms with Gasteiger partial charge in [-0.05, 0) is 31.5 Å². The zero-order valence-corrected chi connectivity index (χ0v) is 10.8. The molecule has 18 heavy (non-hydrogen) atoms. The lowest BCUT2D eigenvalue weighted by Gasteiger charge is -2.09. The molecule has 1 aromatic carbocycles. The van der Waals surface area contributed by atoms with Gasteiger partial charge in [0.25, 0.3) is 0 Å². The van der Waals surface area contributed by atoms with E-state index in [2.05, 4.69) is 4.98 Å². The molecule has 0 bridgehead atoms. The number of imidazole rings is 1. The molecule has 2 rings (SSSR count). The van der Waals surface area contributed by atoms with Gasteiger partial charge in [0, 0.05) is 12.4 Å². The number of nitrogens with zero attached hydrogens (tertiary/aromatic N) is 2. The third kappa shape index (κ3) is 2.42. The van der Waals surface area contributed by atoms with Crippen LogP contribution in [-0.2, 0) is 6.54 Å². The maximum atomic E-state index is 12.2. The number of hydrogen-bond donors (Lipinski definition) is 0. The largest absolute Gasteiger partial charge is 0.496 e. The van der Waals surface area contributed by atoms with Gasteiger partial charge in [0.05, 0.1) is 19.2 Å². The van der Waals surface area contributed by atoms with Gasteiger partial charge in [-0.1, -0.05) is 6.07 Å². The Labute approximate surface area is 106 Å². The average Bonchev–Trinajstić information content (AvgIpc) is 2.74. The van der Waals surface area contributed by atoms with E-state index in [9.17, 15) is 4.79 Å². The standard InChI is InChI=1S/C14H16N2O2/c1-10-4-5-12(14(8-10)18-3)13(17)9-16-7-6-15-11(16)2/h4-8H,9H2,1-3H3. The first-order valence-electron chi connectivity index (χ1n) is 5.77. The van der Waals surface area contributed by atoms with Crippen molar-refractivity contribution in [1.29, 1.82) is 0 Å². The predicted octanol–water partition coefficient (Wildman–Crippen LogP) is 2.39. The summed E-state index contributed by atoms with van der Waals surface area (Å²) in [6, 6.07) is 5.59. The number of aryl methyl sites for hydroxylation is 2. The van der Waals surface area contributed by atoms with Crippen LogP contribution >= 0.6 is 0 Å². The molecule has 0 atom stereocenters. The second-order valence-electron chi connectivity index (χ2n) is 4.23. The normalized spacial score (nSPS) is 10.4. The summed E-state index contributed by atoms with van der Waals surface area (Å²) in [4.78, 5) is 16.3. The summed E-state index contributed by atoms with van der Waals surface area (Å²) in [5.74, 6) is 1.47. The fraction of sp³-hybridized carbons (Fsp3) is 0.286. The maximum Gasteiger partial charge on any atom is 0.186 e. The number of carbonyl (C=O) groups excluding carboxylic acids is 1. The Morgan fingerprint density at radius 2 is 2.17 bits per heavy atom. The SMILES string of the molecule is COc1cc(C)ccc1C(=O)Cn1ccnc1C. The Balaban J connectivity index is 2.26. The number of ether oxygens (including phenoxy) is 1. The number of hydrogen-bond acceptors (Lipinski definition) is 3. The molecule has 4 nitrogen and oxygen atoms in total. The lowest BCUT2D eigenvalue weighted by Crippen LogP contribution is -2.12. The molecule has 0 amide bonds. The first-order valence-corrected chi connectivity index (χ1v) is 5.77. The smallest absolute Gasteiger partial charge is 0.186 e. The van der Waals surface area contributed by atoms with Crippen molar-refractivity contribution in [2.45, 2.75) is 20.4 Å². The van der Waals surface area contributed by atoms with Crippen LogP contribution in [0.2, 0.25) is 0 Å². The van der Waals surface area contributed by atoms with Crippen LogP contribution in [0.1, 0.15) is 21.7 Å². The van der Waals surface area contributed by atoms with Gasteiger partial charge in [0.15, 0.2) is 5.78 Å². The van der Waals surface area contributed by atoms with Gasteiger partial charge >= 0.3 is 0 Å². The van der Waals surface area contributed by atoms with Crippen LogP contribution in [0.25, 0.3) is 0 Å². The summed E-state index contributed by atoms with van der Waals surface area (Å²) in [7, 11) is 1.58. The second kappa shape index (κ2) is 5.04. The molecule has 0 aliphatic heterocycles. The van der Waals surface area contributed by atoms with Crippen molar-refractivity contribution in [2.75, 3.05) is 7.11 Å². The van der Waals surface area contributed by atoms with E-state index in [1.165, 1.54) is 0 Å². The number of benzene rings is 1. The van der Waals surface area contributed by atoms with Crippen molar-refractivity contribution in [3.05, 3.63) is 47.5 Å². The van der Waals surface area contributed by atoms with E-state index in [-0.39, 0.29) is 12.3 Å². The van der Waals surface area contributed by atoms with Gasteiger partial charge in [0.2, 0.25) is 0 Å². The summed E-state index contributed by atoms with van der Waals surface area (Å²) < 4.78 is 7.07. The van der Waals surface area contributed by atoms with Crippen molar-refractivity contribution >= 4 is 5.78 Å². The van der Waals surface area contributed by atoms with Gasteiger partial charge in [-0.15, -0.1) is 0 Å².